The van der Waals surface area contributed by atoms with E-state index in [4.69, 9.17) is 10.3 Å². The number of ether oxygens (including phenoxy) is 1. The molecule has 12 heteroatoms. The van der Waals surface area contributed by atoms with E-state index in [2.05, 4.69) is 15.3 Å². The summed E-state index contributed by atoms with van der Waals surface area (Å²) < 4.78 is 45.0. The first-order valence-electron chi connectivity index (χ1n) is 12.2. The summed E-state index contributed by atoms with van der Waals surface area (Å²) in [5.74, 6) is 0.532. The van der Waals surface area contributed by atoms with E-state index in [1.165, 1.54) is 23.5 Å². The fraction of sp³-hybridized carbons (Fsp3) is 0.520. The average Bonchev–Trinajstić information content (AvgIpc) is 2.89. The van der Waals surface area contributed by atoms with E-state index in [9.17, 15) is 18.2 Å². The Bertz CT molecular complexity index is 1130. The number of aliphatic hydroxyl groups excluding tert-OH is 1. The summed E-state index contributed by atoms with van der Waals surface area (Å²) in [6.45, 7) is 4.18. The van der Waals surface area contributed by atoms with Crippen LogP contribution in [0.25, 0.3) is 10.4 Å². The fourth-order valence-corrected chi connectivity index (χ4v) is 5.77. The van der Waals surface area contributed by atoms with Crippen LogP contribution in [0.1, 0.15) is 32.3 Å². The van der Waals surface area contributed by atoms with Crippen LogP contribution in [0.4, 0.5) is 0 Å². The van der Waals surface area contributed by atoms with E-state index in [1.807, 2.05) is 44.2 Å². The van der Waals surface area contributed by atoms with Gasteiger partial charge in [-0.3, -0.25) is 0 Å². The molecule has 37 heavy (non-hydrogen) atoms. The van der Waals surface area contributed by atoms with Gasteiger partial charge in [-0.1, -0.05) is 0 Å². The molecule has 0 saturated heterocycles. The van der Waals surface area contributed by atoms with E-state index >= 15 is 0 Å². The molecule has 0 fully saturated rings. The summed E-state index contributed by atoms with van der Waals surface area (Å²) in [7, 11) is -1.76. The number of sulfonamides is 1. The van der Waals surface area contributed by atoms with Crippen LogP contribution in [0.3, 0.4) is 0 Å². The Morgan fingerprint density at radius 1 is 1.19 bits per heavy atom. The van der Waals surface area contributed by atoms with E-state index in [0.29, 0.717) is 38.7 Å². The quantitative estimate of drug-likeness (QED) is 0.106. The standard InChI is InChI=1S/C25H36BN5O5S/c1-25(2,14-7-15-29-30-27)18-31(37(34,35)22-12-10-21(36-3)11-13-22)17-24(32)23(28-19-26-33)16-20-8-5-4-6-9-20/h4-6,8-13,23-24,28,32H,7,14-19H2,1-3H3/t23-,24?/m0/s1. The molecule has 2 aromatic carbocycles. The van der Waals surface area contributed by atoms with Gasteiger partial charge in [0.15, 0.2) is 0 Å². The van der Waals surface area contributed by atoms with E-state index < -0.39 is 27.6 Å². The molecular weight excluding hydrogens is 493 g/mol. The van der Waals surface area contributed by atoms with E-state index in [1.54, 1.807) is 12.1 Å². The zero-order valence-electron chi connectivity index (χ0n) is 21.7. The molecule has 2 aromatic rings. The summed E-state index contributed by atoms with van der Waals surface area (Å²) in [5, 5.41) is 17.8. The number of nitrogens with zero attached hydrogens (tertiary/aromatic N) is 4. The summed E-state index contributed by atoms with van der Waals surface area (Å²) in [5.41, 5.74) is 9.02. The van der Waals surface area contributed by atoms with Gasteiger partial charge in [0.1, 0.15) is 0 Å². The summed E-state index contributed by atoms with van der Waals surface area (Å²) in [6, 6.07) is 15.1. The first-order chi connectivity index (χ1) is 17.6. The molecule has 2 N–H and O–H groups in total. The topological polar surface area (TPSA) is 145 Å². The van der Waals surface area contributed by atoms with Gasteiger partial charge in [0.25, 0.3) is 0 Å². The fourth-order valence-electron chi connectivity index (χ4n) is 4.12. The number of methoxy groups -OCH3 is 1. The Morgan fingerprint density at radius 3 is 2.46 bits per heavy atom. The number of hydrogen-bond acceptors (Lipinski definition) is 7. The Hall–Kier alpha value is -2.76. The third kappa shape index (κ3) is 9.90. The second-order valence-electron chi connectivity index (χ2n) is 9.63. The molecule has 10 nitrogen and oxygen atoms in total. The van der Waals surface area contributed by atoms with Gasteiger partial charge >= 0.3 is 202 Å². The number of aliphatic hydroxyl groups is 1. The monoisotopic (exact) mass is 529 g/mol. The molecule has 0 aliphatic rings. The first kappa shape index (κ1) is 30.5. The van der Waals surface area contributed by atoms with E-state index in [-0.39, 0.29) is 24.4 Å². The zero-order chi connectivity index (χ0) is 27.3. The molecule has 0 aliphatic carbocycles. The molecule has 0 amide bonds. The van der Waals surface area contributed by atoms with Crippen molar-refractivity contribution in [2.45, 2.75) is 50.2 Å². The van der Waals surface area contributed by atoms with Crippen LogP contribution < -0.4 is 10.1 Å². The van der Waals surface area contributed by atoms with Gasteiger partial charge in [-0.05, 0) is 5.53 Å². The molecule has 0 spiro atoms. The van der Waals surface area contributed by atoms with Gasteiger partial charge in [-0.15, -0.1) is 0 Å². The minimum absolute atomic E-state index is 0.0324. The molecule has 2 rings (SSSR count). The molecular formula is C25H36BN5O5S. The predicted octanol–water partition coefficient (Wildman–Crippen LogP) is 3.37. The van der Waals surface area contributed by atoms with Crippen LogP contribution in [0.15, 0.2) is 64.6 Å². The molecule has 2 atom stereocenters. The van der Waals surface area contributed by atoms with Gasteiger partial charge in [0.2, 0.25) is 0 Å². The normalized spacial score (nSPS) is 13.4. The molecule has 0 aliphatic heterocycles. The third-order valence-electron chi connectivity index (χ3n) is 6.09. The number of nitrogens with one attached hydrogen (secondary N) is 1. The molecule has 0 heterocycles. The minimum atomic E-state index is -3.98. The SMILES string of the molecule is COc1ccc(S(=O)(=O)N(CC(O)[C@H](Cc2ccccc2)NCB=O)CC(C)(C)CCCN=[N+]=[N-])cc1. The number of azide groups is 1. The zero-order valence-corrected chi connectivity index (χ0v) is 22.5. The molecule has 0 radical (unpaired) electrons. The second kappa shape index (κ2) is 14.9. The number of rotatable bonds is 17. The Kier molecular flexibility index (Phi) is 12.2. The van der Waals surface area contributed by atoms with Crippen molar-refractivity contribution >= 4 is 17.2 Å². The van der Waals surface area contributed by atoms with Crippen molar-refractivity contribution in [3.05, 3.63) is 70.6 Å². The van der Waals surface area contributed by atoms with Crippen molar-refractivity contribution in [3.63, 3.8) is 0 Å². The predicted molar refractivity (Wildman–Crippen MR) is 143 cm³/mol. The summed E-state index contributed by atoms with van der Waals surface area (Å²) >= 11 is 0. The second-order valence-corrected chi connectivity index (χ2v) is 11.6. The molecule has 0 bridgehead atoms. The van der Waals surface area contributed by atoms with Crippen LogP contribution in [-0.2, 0) is 21.1 Å². The van der Waals surface area contributed by atoms with Gasteiger partial charge in [-0.25, -0.2) is 0 Å². The van der Waals surface area contributed by atoms with Crippen molar-refractivity contribution in [2.75, 3.05) is 33.2 Å². The van der Waals surface area contributed by atoms with Gasteiger partial charge in [0.05, 0.1) is 7.11 Å². The van der Waals surface area contributed by atoms with Crippen molar-refractivity contribution in [1.82, 2.24) is 9.62 Å². The summed E-state index contributed by atoms with van der Waals surface area (Å²) in [6.07, 6.45) is 0.584. The van der Waals surface area contributed by atoms with Crippen LogP contribution in [0.2, 0.25) is 0 Å². The third-order valence-corrected chi connectivity index (χ3v) is 7.92. The Balaban J connectivity index is 2.34. The van der Waals surface area contributed by atoms with Crippen molar-refractivity contribution in [2.24, 2.45) is 10.5 Å². The molecule has 0 aromatic heterocycles. The van der Waals surface area contributed by atoms with Crippen LogP contribution in [-0.4, -0.2) is 70.3 Å². The van der Waals surface area contributed by atoms with Crippen molar-refractivity contribution < 1.29 is 23.0 Å². The first-order valence-corrected chi connectivity index (χ1v) is 13.6. The Labute approximate surface area is 220 Å². The van der Waals surface area contributed by atoms with Crippen LogP contribution in [0.5, 0.6) is 5.75 Å². The molecule has 1 unspecified atom stereocenters. The van der Waals surface area contributed by atoms with Gasteiger partial charge in [0, 0.05) is 4.91 Å². The average molecular weight is 529 g/mol. The maximum atomic E-state index is 13.7. The number of hydrogen-bond donors (Lipinski definition) is 2. The van der Waals surface area contributed by atoms with Crippen LogP contribution in [0, 0.1) is 5.41 Å². The number of benzene rings is 2. The van der Waals surface area contributed by atoms with Gasteiger partial charge in [-0.2, -0.15) is 0 Å². The van der Waals surface area contributed by atoms with Gasteiger partial charge < -0.3 is 0 Å². The molecule has 0 saturated carbocycles. The van der Waals surface area contributed by atoms with Crippen LogP contribution >= 0.6 is 0 Å². The van der Waals surface area contributed by atoms with E-state index in [0.717, 1.165) is 5.56 Å². The Morgan fingerprint density at radius 2 is 1.86 bits per heavy atom. The molecule has 200 valence electrons. The van der Waals surface area contributed by atoms with Crippen molar-refractivity contribution in [1.29, 1.82) is 0 Å². The van der Waals surface area contributed by atoms with Crippen molar-refractivity contribution in [3.8, 4) is 5.75 Å². The maximum absolute atomic E-state index is 13.7. The summed E-state index contributed by atoms with van der Waals surface area (Å²) in [4.78, 5) is 2.86.